The second-order valence-corrected chi connectivity index (χ2v) is 10.7. The van der Waals surface area contributed by atoms with Crippen molar-refractivity contribution in [3.8, 4) is 5.75 Å². The molecule has 2 aromatic carbocycles. The van der Waals surface area contributed by atoms with Crippen molar-refractivity contribution in [3.63, 3.8) is 0 Å². The Bertz CT molecular complexity index is 1240. The molecule has 5 rings (SSSR count). The van der Waals surface area contributed by atoms with Crippen LogP contribution in [0.5, 0.6) is 5.75 Å². The minimum absolute atomic E-state index is 0.115. The first-order valence-corrected chi connectivity index (χ1v) is 13.8. The van der Waals surface area contributed by atoms with Gasteiger partial charge in [-0.2, -0.15) is 0 Å². The van der Waals surface area contributed by atoms with Crippen LogP contribution in [0, 0.1) is 11.3 Å². The SMILES string of the molecule is C=C(NC(c1ccccn1)C1CCCC1)c1ccc(N)c(C(=N)c2ccc(OC3CCN(C)CC3)cc2)c1. The summed E-state index contributed by atoms with van der Waals surface area (Å²) in [6.45, 7) is 6.49. The van der Waals surface area contributed by atoms with Crippen molar-refractivity contribution >= 4 is 17.1 Å². The molecule has 1 unspecified atom stereocenters. The minimum atomic E-state index is 0.115. The highest BCUT2D eigenvalue weighted by molar-refractivity contribution is 6.14. The Hall–Kier alpha value is -3.64. The average molecular weight is 510 g/mol. The molecule has 1 atom stereocenters. The van der Waals surface area contributed by atoms with Gasteiger partial charge in [0.15, 0.2) is 0 Å². The van der Waals surface area contributed by atoms with Crippen LogP contribution in [0.3, 0.4) is 0 Å². The van der Waals surface area contributed by atoms with Crippen molar-refractivity contribution in [2.45, 2.75) is 50.7 Å². The molecular weight excluding hydrogens is 470 g/mol. The van der Waals surface area contributed by atoms with E-state index in [1.54, 1.807) is 0 Å². The first kappa shape index (κ1) is 26.0. The summed E-state index contributed by atoms with van der Waals surface area (Å²) >= 11 is 0. The van der Waals surface area contributed by atoms with Crippen LogP contribution >= 0.6 is 0 Å². The molecule has 1 aliphatic heterocycles. The molecule has 2 aliphatic rings. The number of benzene rings is 2. The van der Waals surface area contributed by atoms with Gasteiger partial charge in [-0.25, -0.2) is 0 Å². The van der Waals surface area contributed by atoms with Crippen molar-refractivity contribution in [1.29, 1.82) is 5.41 Å². The minimum Gasteiger partial charge on any atom is -0.490 e. The molecule has 1 saturated carbocycles. The summed E-state index contributed by atoms with van der Waals surface area (Å²) in [5.74, 6) is 1.38. The van der Waals surface area contributed by atoms with Gasteiger partial charge in [0.1, 0.15) is 11.9 Å². The Balaban J connectivity index is 1.30. The van der Waals surface area contributed by atoms with Gasteiger partial charge in [-0.3, -0.25) is 10.4 Å². The quantitative estimate of drug-likeness (QED) is 0.242. The summed E-state index contributed by atoms with van der Waals surface area (Å²) in [4.78, 5) is 6.98. The lowest BCUT2D eigenvalue weighted by atomic mass is 9.93. The number of likely N-dealkylation sites (tertiary alicyclic amines) is 1. The van der Waals surface area contributed by atoms with Gasteiger partial charge < -0.3 is 20.7 Å². The van der Waals surface area contributed by atoms with Gasteiger partial charge in [-0.05, 0) is 92.7 Å². The maximum atomic E-state index is 8.92. The highest BCUT2D eigenvalue weighted by Gasteiger charge is 2.28. The molecular formula is C32H39N5O. The highest BCUT2D eigenvalue weighted by Crippen LogP contribution is 2.36. The molecule has 0 radical (unpaired) electrons. The van der Waals surface area contributed by atoms with Gasteiger partial charge >= 0.3 is 0 Å². The van der Waals surface area contributed by atoms with E-state index in [0.717, 1.165) is 54.2 Å². The Morgan fingerprint density at radius 3 is 2.42 bits per heavy atom. The van der Waals surface area contributed by atoms with Gasteiger partial charge in [0.2, 0.25) is 0 Å². The van der Waals surface area contributed by atoms with Crippen LogP contribution in [-0.2, 0) is 0 Å². The molecule has 2 fully saturated rings. The number of piperidine rings is 1. The maximum Gasteiger partial charge on any atom is 0.119 e. The summed E-state index contributed by atoms with van der Waals surface area (Å²) < 4.78 is 6.19. The maximum absolute atomic E-state index is 8.92. The third-order valence-corrected chi connectivity index (χ3v) is 7.99. The number of ether oxygens (including phenoxy) is 1. The van der Waals surface area contributed by atoms with E-state index in [2.05, 4.69) is 34.9 Å². The topological polar surface area (TPSA) is 87.3 Å². The Kier molecular flexibility index (Phi) is 8.08. The first-order valence-electron chi connectivity index (χ1n) is 13.8. The lowest BCUT2D eigenvalue weighted by Gasteiger charge is -2.29. The highest BCUT2D eigenvalue weighted by atomic mass is 16.5. The number of pyridine rings is 1. The van der Waals surface area contributed by atoms with Crippen LogP contribution in [0.4, 0.5) is 5.69 Å². The fourth-order valence-corrected chi connectivity index (χ4v) is 5.67. The standard InChI is InChI=1S/C32H39N5O/c1-22(36-32(24-7-3-4-8-24)30-9-5-6-18-35-30)25-12-15-29(33)28(21-25)31(34)23-10-13-26(14-11-23)38-27-16-19-37(2)20-17-27/h5-6,9-15,18,21,24,27,32,34,36H,1,3-4,7-8,16-17,19-20,33H2,2H3. The number of nitrogens with two attached hydrogens (primary N) is 1. The summed E-state index contributed by atoms with van der Waals surface area (Å²) in [5, 5.41) is 12.6. The molecule has 0 bridgehead atoms. The number of hydrogen-bond acceptors (Lipinski definition) is 6. The van der Waals surface area contributed by atoms with E-state index in [1.165, 1.54) is 25.7 Å². The van der Waals surface area contributed by atoms with E-state index in [1.807, 2.05) is 60.8 Å². The van der Waals surface area contributed by atoms with E-state index in [0.29, 0.717) is 22.9 Å². The molecule has 1 saturated heterocycles. The number of rotatable bonds is 9. The third kappa shape index (κ3) is 6.08. The largest absolute Gasteiger partial charge is 0.490 e. The van der Waals surface area contributed by atoms with Crippen molar-refractivity contribution < 1.29 is 4.74 Å². The zero-order valence-corrected chi connectivity index (χ0v) is 22.3. The molecule has 0 spiro atoms. The van der Waals surface area contributed by atoms with E-state index < -0.39 is 0 Å². The van der Waals surface area contributed by atoms with Crippen molar-refractivity contribution in [2.24, 2.45) is 5.92 Å². The van der Waals surface area contributed by atoms with Crippen LogP contribution < -0.4 is 15.8 Å². The number of nitrogens with one attached hydrogen (secondary N) is 2. The molecule has 1 aromatic heterocycles. The molecule has 38 heavy (non-hydrogen) atoms. The van der Waals surface area contributed by atoms with Crippen molar-refractivity contribution in [2.75, 3.05) is 25.9 Å². The second-order valence-electron chi connectivity index (χ2n) is 10.7. The van der Waals surface area contributed by atoms with Crippen molar-refractivity contribution in [1.82, 2.24) is 15.2 Å². The van der Waals surface area contributed by atoms with E-state index >= 15 is 0 Å². The van der Waals surface area contributed by atoms with Gasteiger partial charge in [-0.15, -0.1) is 0 Å². The Morgan fingerprint density at radius 2 is 1.74 bits per heavy atom. The van der Waals surface area contributed by atoms with Gasteiger partial charge in [0, 0.05) is 41.8 Å². The van der Waals surface area contributed by atoms with E-state index in [4.69, 9.17) is 15.9 Å². The molecule has 6 heteroatoms. The number of nitrogen functional groups attached to an aromatic ring is 1. The predicted octanol–water partition coefficient (Wildman–Crippen LogP) is 6.04. The molecule has 4 N–H and O–H groups in total. The molecule has 0 amide bonds. The van der Waals surface area contributed by atoms with Gasteiger partial charge in [0.25, 0.3) is 0 Å². The Morgan fingerprint density at radius 1 is 1.03 bits per heavy atom. The number of anilines is 1. The smallest absolute Gasteiger partial charge is 0.119 e. The van der Waals surface area contributed by atoms with Crippen LogP contribution in [0.1, 0.15) is 67.0 Å². The molecule has 2 heterocycles. The molecule has 6 nitrogen and oxygen atoms in total. The predicted molar refractivity (Wildman–Crippen MR) is 155 cm³/mol. The normalized spacial score (nSPS) is 17.7. The van der Waals surface area contributed by atoms with Crippen LogP contribution in [0.2, 0.25) is 0 Å². The summed E-state index contributed by atoms with van der Waals surface area (Å²) in [5.41, 5.74) is 11.6. The average Bonchev–Trinajstić information content (AvgIpc) is 3.48. The number of nitrogens with zero attached hydrogens (tertiary/aromatic N) is 2. The molecule has 3 aromatic rings. The third-order valence-electron chi connectivity index (χ3n) is 7.99. The summed E-state index contributed by atoms with van der Waals surface area (Å²) in [7, 11) is 2.15. The lowest BCUT2D eigenvalue weighted by Crippen LogP contribution is -2.35. The summed E-state index contributed by atoms with van der Waals surface area (Å²) in [6, 6.07) is 19.8. The van der Waals surface area contributed by atoms with Gasteiger partial charge in [0.05, 0.1) is 17.4 Å². The number of hydrogen-bond donors (Lipinski definition) is 3. The first-order chi connectivity index (χ1) is 18.5. The van der Waals surface area contributed by atoms with Crippen LogP contribution in [0.25, 0.3) is 5.70 Å². The molecule has 198 valence electrons. The van der Waals surface area contributed by atoms with E-state index in [-0.39, 0.29) is 12.1 Å². The zero-order valence-electron chi connectivity index (χ0n) is 22.3. The van der Waals surface area contributed by atoms with Gasteiger partial charge in [-0.1, -0.05) is 31.6 Å². The zero-order chi connectivity index (χ0) is 26.5. The second kappa shape index (κ2) is 11.8. The van der Waals surface area contributed by atoms with Crippen LogP contribution in [-0.4, -0.2) is 41.8 Å². The fourth-order valence-electron chi connectivity index (χ4n) is 5.67. The number of aromatic nitrogens is 1. The lowest BCUT2D eigenvalue weighted by molar-refractivity contribution is 0.114. The van der Waals surface area contributed by atoms with E-state index in [9.17, 15) is 0 Å². The Labute approximate surface area is 226 Å². The van der Waals surface area contributed by atoms with Crippen molar-refractivity contribution in [3.05, 3.63) is 95.8 Å². The fraction of sp³-hybridized carbons (Fsp3) is 0.375. The summed E-state index contributed by atoms with van der Waals surface area (Å²) in [6.07, 6.45) is 9.08. The monoisotopic (exact) mass is 509 g/mol. The van der Waals surface area contributed by atoms with Crippen LogP contribution in [0.15, 0.2) is 73.4 Å². The molecule has 1 aliphatic carbocycles.